The highest BCUT2D eigenvalue weighted by atomic mass is 16.5. The Labute approximate surface area is 180 Å². The van der Waals surface area contributed by atoms with Crippen LogP contribution in [0.15, 0.2) is 48.5 Å². The molecule has 0 saturated carbocycles. The minimum Gasteiger partial charge on any atom is -0.385 e. The van der Waals surface area contributed by atoms with E-state index >= 15 is 0 Å². The molecule has 2 aromatic rings. The zero-order chi connectivity index (χ0) is 22.2. The first-order valence-electron chi connectivity index (χ1n) is 10.1. The second-order valence-corrected chi connectivity index (χ2v) is 7.11. The third kappa shape index (κ3) is 5.35. The van der Waals surface area contributed by atoms with Crippen molar-refractivity contribution >= 4 is 29.3 Å². The van der Waals surface area contributed by atoms with Crippen molar-refractivity contribution in [3.63, 3.8) is 0 Å². The molecule has 1 aliphatic heterocycles. The van der Waals surface area contributed by atoms with E-state index in [4.69, 9.17) is 4.74 Å². The smallest absolute Gasteiger partial charge is 0.261 e. The maximum atomic E-state index is 12.4. The van der Waals surface area contributed by atoms with Gasteiger partial charge in [0.2, 0.25) is 5.91 Å². The summed E-state index contributed by atoms with van der Waals surface area (Å²) in [7, 11) is 1.60. The minimum absolute atomic E-state index is 0.108. The quantitative estimate of drug-likeness (QED) is 0.451. The molecule has 1 aliphatic rings. The molecule has 31 heavy (non-hydrogen) atoms. The number of para-hydroxylation sites is 1. The Hall–Kier alpha value is -3.52. The molecule has 0 unspecified atom stereocenters. The number of amides is 4. The number of benzene rings is 2. The number of ether oxygens (including phenoxy) is 1. The minimum atomic E-state index is -0.337. The predicted octanol–water partition coefficient (Wildman–Crippen LogP) is 2.47. The van der Waals surface area contributed by atoms with E-state index in [9.17, 15) is 19.2 Å². The summed E-state index contributed by atoms with van der Waals surface area (Å²) in [5.74, 6) is -1.25. The van der Waals surface area contributed by atoms with Crippen molar-refractivity contribution in [3.05, 3.63) is 65.2 Å². The number of methoxy groups -OCH3 is 1. The fourth-order valence-corrected chi connectivity index (χ4v) is 3.36. The second-order valence-electron chi connectivity index (χ2n) is 7.11. The van der Waals surface area contributed by atoms with Gasteiger partial charge >= 0.3 is 0 Å². The van der Waals surface area contributed by atoms with Crippen LogP contribution in [0.1, 0.15) is 50.3 Å². The van der Waals surface area contributed by atoms with Gasteiger partial charge in [-0.2, -0.15) is 0 Å². The lowest BCUT2D eigenvalue weighted by Gasteiger charge is -2.14. The molecule has 2 N–H and O–H groups in total. The summed E-state index contributed by atoms with van der Waals surface area (Å²) in [6, 6.07) is 13.4. The van der Waals surface area contributed by atoms with Crippen LogP contribution in [-0.2, 0) is 9.53 Å². The second kappa shape index (κ2) is 10.5. The topological polar surface area (TPSA) is 105 Å². The predicted molar refractivity (Wildman–Crippen MR) is 115 cm³/mol. The standard InChI is InChI=1S/C23H25N3O5/c1-31-15-7-13-24-21(28)18-10-4-5-11-19(18)25-20(27)12-6-14-26-22(29)16-8-2-3-9-17(16)23(26)30/h2-5,8-11H,6-7,12-15H2,1H3,(H,24,28)(H,25,27). The van der Waals surface area contributed by atoms with Gasteiger partial charge in [-0.3, -0.25) is 24.1 Å². The summed E-state index contributed by atoms with van der Waals surface area (Å²) in [6.07, 6.45) is 1.12. The first-order valence-corrected chi connectivity index (χ1v) is 10.1. The number of rotatable bonds is 10. The molecule has 162 valence electrons. The van der Waals surface area contributed by atoms with Crippen molar-refractivity contribution in [1.82, 2.24) is 10.2 Å². The van der Waals surface area contributed by atoms with Crippen LogP contribution in [0.4, 0.5) is 5.69 Å². The number of carbonyl (C=O) groups is 4. The molecule has 8 heteroatoms. The highest BCUT2D eigenvalue weighted by Crippen LogP contribution is 2.23. The number of hydrogen-bond donors (Lipinski definition) is 2. The van der Waals surface area contributed by atoms with E-state index in [1.165, 1.54) is 4.90 Å². The molecule has 3 rings (SSSR count). The molecule has 0 fully saturated rings. The van der Waals surface area contributed by atoms with Crippen LogP contribution in [0.3, 0.4) is 0 Å². The highest BCUT2D eigenvalue weighted by Gasteiger charge is 2.34. The molecular formula is C23H25N3O5. The fourth-order valence-electron chi connectivity index (χ4n) is 3.36. The molecule has 1 heterocycles. The van der Waals surface area contributed by atoms with E-state index in [1.54, 1.807) is 55.6 Å². The van der Waals surface area contributed by atoms with Gasteiger partial charge in [0.1, 0.15) is 0 Å². The summed E-state index contributed by atoms with van der Waals surface area (Å²) >= 11 is 0. The van der Waals surface area contributed by atoms with Crippen LogP contribution in [0.25, 0.3) is 0 Å². The third-order valence-corrected chi connectivity index (χ3v) is 4.92. The van der Waals surface area contributed by atoms with E-state index in [0.29, 0.717) is 48.4 Å². The van der Waals surface area contributed by atoms with E-state index < -0.39 is 0 Å². The molecule has 2 aromatic carbocycles. The zero-order valence-electron chi connectivity index (χ0n) is 17.3. The van der Waals surface area contributed by atoms with Crippen LogP contribution in [0.5, 0.6) is 0 Å². The summed E-state index contributed by atoms with van der Waals surface area (Å²) < 4.78 is 4.96. The Bertz CT molecular complexity index is 954. The molecule has 0 saturated heterocycles. The first kappa shape index (κ1) is 22.2. The van der Waals surface area contributed by atoms with Crippen molar-refractivity contribution in [1.29, 1.82) is 0 Å². The van der Waals surface area contributed by atoms with Gasteiger partial charge in [0.05, 0.1) is 22.4 Å². The molecule has 0 spiro atoms. The Kier molecular flexibility index (Phi) is 7.50. The maximum Gasteiger partial charge on any atom is 0.261 e. The maximum absolute atomic E-state index is 12.4. The van der Waals surface area contributed by atoms with Gasteiger partial charge in [-0.25, -0.2) is 0 Å². The van der Waals surface area contributed by atoms with Gasteiger partial charge in [0.15, 0.2) is 0 Å². The zero-order valence-corrected chi connectivity index (χ0v) is 17.3. The normalized spacial score (nSPS) is 12.6. The highest BCUT2D eigenvalue weighted by molar-refractivity contribution is 6.21. The van der Waals surface area contributed by atoms with Crippen molar-refractivity contribution in [2.75, 3.05) is 32.1 Å². The van der Waals surface area contributed by atoms with Crippen LogP contribution in [0.2, 0.25) is 0 Å². The van der Waals surface area contributed by atoms with Crippen molar-refractivity contribution in [2.24, 2.45) is 0 Å². The Morgan fingerprint density at radius 3 is 2.26 bits per heavy atom. The first-order chi connectivity index (χ1) is 15.0. The van der Waals surface area contributed by atoms with Crippen LogP contribution >= 0.6 is 0 Å². The van der Waals surface area contributed by atoms with Crippen molar-refractivity contribution in [2.45, 2.75) is 19.3 Å². The number of nitrogens with one attached hydrogen (secondary N) is 2. The largest absolute Gasteiger partial charge is 0.385 e. The van der Waals surface area contributed by atoms with Gasteiger partial charge < -0.3 is 15.4 Å². The molecule has 0 radical (unpaired) electrons. The average molecular weight is 423 g/mol. The Balaban J connectivity index is 1.51. The lowest BCUT2D eigenvalue weighted by atomic mass is 10.1. The van der Waals surface area contributed by atoms with E-state index in [-0.39, 0.29) is 36.6 Å². The Morgan fingerprint density at radius 1 is 0.935 bits per heavy atom. The molecule has 0 aromatic heterocycles. The average Bonchev–Trinajstić information content (AvgIpc) is 3.02. The number of imide groups is 1. The summed E-state index contributed by atoms with van der Waals surface area (Å²) in [5, 5.41) is 5.54. The van der Waals surface area contributed by atoms with Crippen molar-refractivity contribution < 1.29 is 23.9 Å². The monoisotopic (exact) mass is 423 g/mol. The van der Waals surface area contributed by atoms with E-state index in [0.717, 1.165) is 0 Å². The number of hydrogen-bond acceptors (Lipinski definition) is 5. The van der Waals surface area contributed by atoms with Crippen LogP contribution < -0.4 is 10.6 Å². The van der Waals surface area contributed by atoms with Gasteiger partial charge in [-0.05, 0) is 37.1 Å². The van der Waals surface area contributed by atoms with Gasteiger partial charge in [-0.15, -0.1) is 0 Å². The lowest BCUT2D eigenvalue weighted by Crippen LogP contribution is -2.31. The summed E-state index contributed by atoms with van der Waals surface area (Å²) in [6.45, 7) is 1.17. The third-order valence-electron chi connectivity index (χ3n) is 4.92. The summed E-state index contributed by atoms with van der Waals surface area (Å²) in [5.41, 5.74) is 1.57. The molecule has 4 amide bonds. The summed E-state index contributed by atoms with van der Waals surface area (Å²) in [4.78, 5) is 50.7. The number of nitrogens with zero attached hydrogens (tertiary/aromatic N) is 1. The van der Waals surface area contributed by atoms with E-state index in [2.05, 4.69) is 10.6 Å². The van der Waals surface area contributed by atoms with Crippen molar-refractivity contribution in [3.8, 4) is 0 Å². The van der Waals surface area contributed by atoms with Crippen LogP contribution in [0, 0.1) is 0 Å². The van der Waals surface area contributed by atoms with Gasteiger partial charge in [-0.1, -0.05) is 24.3 Å². The van der Waals surface area contributed by atoms with Gasteiger partial charge in [0.25, 0.3) is 17.7 Å². The number of fused-ring (bicyclic) bond motifs is 1. The Morgan fingerprint density at radius 2 is 1.58 bits per heavy atom. The fraction of sp³-hybridized carbons (Fsp3) is 0.304. The lowest BCUT2D eigenvalue weighted by molar-refractivity contribution is -0.116. The molecule has 8 nitrogen and oxygen atoms in total. The van der Waals surface area contributed by atoms with Crippen LogP contribution in [-0.4, -0.2) is 55.3 Å². The number of carbonyl (C=O) groups excluding carboxylic acids is 4. The molecular weight excluding hydrogens is 398 g/mol. The van der Waals surface area contributed by atoms with Gasteiger partial charge in [0, 0.05) is 33.2 Å². The molecule has 0 bridgehead atoms. The SMILES string of the molecule is COCCCNC(=O)c1ccccc1NC(=O)CCCN1C(=O)c2ccccc2C1=O. The van der Waals surface area contributed by atoms with E-state index in [1.807, 2.05) is 0 Å². The number of anilines is 1. The molecule has 0 aliphatic carbocycles. The molecule has 0 atom stereocenters.